The van der Waals surface area contributed by atoms with Gasteiger partial charge in [0.2, 0.25) is 0 Å². The lowest BCUT2D eigenvalue weighted by Crippen LogP contribution is -2.01. The van der Waals surface area contributed by atoms with Crippen LogP contribution in [-0.4, -0.2) is 15.0 Å². The molecule has 0 N–H and O–H groups in total. The summed E-state index contributed by atoms with van der Waals surface area (Å²) >= 11 is 0. The third-order valence-corrected chi connectivity index (χ3v) is 8.59. The van der Waals surface area contributed by atoms with Gasteiger partial charge in [-0.1, -0.05) is 151 Å². The van der Waals surface area contributed by atoms with Crippen LogP contribution in [0.3, 0.4) is 0 Å². The zero-order valence-electron chi connectivity index (χ0n) is 40.4. The van der Waals surface area contributed by atoms with Gasteiger partial charge in [0, 0.05) is 27.5 Å². The first-order valence-corrected chi connectivity index (χ1v) is 16.0. The Labute approximate surface area is 314 Å². The van der Waals surface area contributed by atoms with E-state index in [9.17, 15) is 4.11 Å². The molecular weight excluding hydrogens is 623 g/mol. The monoisotopic (exact) mass is 665 g/mol. The van der Waals surface area contributed by atoms with Crippen LogP contribution in [0, 0.1) is 0 Å². The summed E-state index contributed by atoms with van der Waals surface area (Å²) in [4.78, 5) is 14.7. The minimum absolute atomic E-state index is 0.146. The second-order valence-corrected chi connectivity index (χ2v) is 11.7. The molecule has 10 rings (SSSR count). The molecule has 0 amide bonds. The highest BCUT2D eigenvalue weighted by molar-refractivity contribution is 6.11. The molecule has 0 radical (unpaired) electrons. The zero-order valence-corrected chi connectivity index (χ0v) is 26.4. The Hall–Kier alpha value is -6.91. The highest BCUT2D eigenvalue weighted by Crippen LogP contribution is 2.37. The van der Waals surface area contributed by atoms with E-state index in [0.29, 0.717) is 27.7 Å². The summed E-state index contributed by atoms with van der Waals surface area (Å²) in [6.07, 6.45) is 0. The SMILES string of the molecule is [2H]c1cc([2H])c(-c2c([2H])c([2H])c(-c3c([2H])c([2H])c4c([2H])c([2H])c([2H])c([2H])c4c3[2H])c([2H])c2[2H])c([2H])c1-c1nc(-c2cccc3ccccc23)nc(-c2cccc3oc4ccccc4c23)n1. The summed E-state index contributed by atoms with van der Waals surface area (Å²) in [6.45, 7) is 0. The van der Waals surface area contributed by atoms with E-state index < -0.39 is 106 Å². The Balaban J connectivity index is 1.23. The van der Waals surface area contributed by atoms with Crippen LogP contribution in [0.5, 0.6) is 0 Å². The molecular formula is C47H29N3O. The van der Waals surface area contributed by atoms with E-state index in [1.165, 1.54) is 0 Å². The van der Waals surface area contributed by atoms with Crippen LogP contribution in [0.15, 0.2) is 180 Å². The van der Waals surface area contributed by atoms with Crippen molar-refractivity contribution in [1.82, 2.24) is 15.0 Å². The van der Waals surface area contributed by atoms with Crippen molar-refractivity contribution in [3.63, 3.8) is 0 Å². The molecule has 4 nitrogen and oxygen atoms in total. The van der Waals surface area contributed by atoms with Crippen LogP contribution in [0.25, 0.3) is 99.9 Å². The van der Waals surface area contributed by atoms with Gasteiger partial charge in [0.1, 0.15) is 11.2 Å². The summed E-state index contributed by atoms with van der Waals surface area (Å²) in [5.74, 6) is 0.222. The molecule has 2 heterocycles. The van der Waals surface area contributed by atoms with Gasteiger partial charge >= 0.3 is 0 Å². The third-order valence-electron chi connectivity index (χ3n) is 8.59. The molecule has 0 bridgehead atoms. The van der Waals surface area contributed by atoms with Crippen LogP contribution in [0.2, 0.25) is 0 Å². The van der Waals surface area contributed by atoms with Gasteiger partial charge < -0.3 is 4.42 Å². The van der Waals surface area contributed by atoms with Crippen molar-refractivity contribution in [2.75, 3.05) is 0 Å². The maximum Gasteiger partial charge on any atom is 0.164 e. The summed E-state index contributed by atoms with van der Waals surface area (Å²) < 4.78 is 130. The molecule has 8 aromatic carbocycles. The summed E-state index contributed by atoms with van der Waals surface area (Å²) in [7, 11) is 0. The predicted molar refractivity (Wildman–Crippen MR) is 209 cm³/mol. The fourth-order valence-corrected chi connectivity index (χ4v) is 6.21. The number of hydrogen-bond donors (Lipinski definition) is 0. The lowest BCUT2D eigenvalue weighted by atomic mass is 9.97. The Morgan fingerprint density at radius 1 is 0.392 bits per heavy atom. The first-order chi connectivity index (χ1) is 31.1. The molecule has 0 atom stereocenters. The molecule has 0 saturated heterocycles. The largest absolute Gasteiger partial charge is 0.456 e. The smallest absolute Gasteiger partial charge is 0.164 e. The van der Waals surface area contributed by atoms with Gasteiger partial charge in [-0.25, -0.2) is 15.0 Å². The van der Waals surface area contributed by atoms with Crippen molar-refractivity contribution in [1.29, 1.82) is 0 Å². The highest BCUT2D eigenvalue weighted by atomic mass is 16.3. The van der Waals surface area contributed by atoms with Gasteiger partial charge in [-0.15, -0.1) is 0 Å². The Morgan fingerprint density at radius 2 is 1.00 bits per heavy atom. The average molecular weight is 666 g/mol. The molecule has 0 unspecified atom stereocenters. The van der Waals surface area contributed by atoms with E-state index in [4.69, 9.17) is 34.4 Å². The second-order valence-electron chi connectivity index (χ2n) is 11.7. The van der Waals surface area contributed by atoms with Crippen molar-refractivity contribution >= 4 is 43.5 Å². The lowest BCUT2D eigenvalue weighted by molar-refractivity contribution is 0.669. The fourth-order valence-electron chi connectivity index (χ4n) is 6.21. The van der Waals surface area contributed by atoms with Gasteiger partial charge in [-0.3, -0.25) is 0 Å². The van der Waals surface area contributed by atoms with Crippen molar-refractivity contribution in [3.05, 3.63) is 176 Å². The fraction of sp³-hybridized carbons (Fsp3) is 0. The normalized spacial score (nSPS) is 15.4. The number of furan rings is 1. The number of para-hydroxylation sites is 1. The zero-order chi connectivity index (χ0) is 45.9. The van der Waals surface area contributed by atoms with Gasteiger partial charge in [-0.2, -0.15) is 0 Å². The quantitative estimate of drug-likeness (QED) is 0.184. The van der Waals surface area contributed by atoms with Gasteiger partial charge in [0.25, 0.3) is 0 Å². The van der Waals surface area contributed by atoms with E-state index in [1.807, 2.05) is 78.9 Å². The first kappa shape index (κ1) is 18.2. The minimum Gasteiger partial charge on any atom is -0.456 e. The molecule has 0 aliphatic heterocycles. The maximum absolute atomic E-state index is 9.62. The highest BCUT2D eigenvalue weighted by Gasteiger charge is 2.19. The first-order valence-electron chi connectivity index (χ1n) is 23.0. The molecule has 10 aromatic rings. The number of nitrogens with zero attached hydrogens (tertiary/aromatic N) is 3. The molecule has 0 saturated carbocycles. The molecule has 0 aliphatic rings. The van der Waals surface area contributed by atoms with Crippen LogP contribution in [0.1, 0.15) is 19.2 Å². The summed E-state index contributed by atoms with van der Waals surface area (Å²) in [5.41, 5.74) is 0.149. The lowest BCUT2D eigenvalue weighted by Gasteiger charge is -2.12. The van der Waals surface area contributed by atoms with Gasteiger partial charge in [0.05, 0.1) is 19.2 Å². The van der Waals surface area contributed by atoms with Crippen molar-refractivity contribution in [2.45, 2.75) is 0 Å². The Bertz CT molecular complexity index is 3710. The van der Waals surface area contributed by atoms with Gasteiger partial charge in [0.15, 0.2) is 17.5 Å². The van der Waals surface area contributed by atoms with Crippen molar-refractivity contribution in [3.8, 4) is 56.4 Å². The second kappa shape index (κ2) is 11.9. The number of aromatic nitrogens is 3. The third kappa shape index (κ3) is 5.13. The van der Waals surface area contributed by atoms with E-state index in [2.05, 4.69) is 0 Å². The Kier molecular flexibility index (Phi) is 4.24. The van der Waals surface area contributed by atoms with E-state index in [-0.39, 0.29) is 34.6 Å². The van der Waals surface area contributed by atoms with E-state index >= 15 is 0 Å². The number of hydrogen-bond acceptors (Lipinski definition) is 4. The average Bonchev–Trinajstić information content (AvgIpc) is 3.69. The molecule has 51 heavy (non-hydrogen) atoms. The molecule has 0 aliphatic carbocycles. The van der Waals surface area contributed by atoms with Crippen molar-refractivity contribution in [2.24, 2.45) is 0 Å². The van der Waals surface area contributed by atoms with Crippen molar-refractivity contribution < 1.29 is 23.6 Å². The van der Waals surface area contributed by atoms with E-state index in [1.54, 1.807) is 6.07 Å². The molecule has 4 heteroatoms. The molecule has 2 aromatic heterocycles. The Morgan fingerprint density at radius 3 is 1.86 bits per heavy atom. The van der Waals surface area contributed by atoms with Crippen LogP contribution >= 0.6 is 0 Å². The number of rotatable bonds is 5. The standard InChI is InChI=1S/C47H29N3O/c1-2-12-34-28-36(27-26-30(34)10-1)32-24-22-31(23-25-32)35-14-7-15-37(29-35)45-48-46(39-18-8-13-33-11-3-4-16-38(33)39)50-47(49-45)41-19-9-21-43-44(41)40-17-5-6-20-42(40)51-43/h1-29H/i1D,2D,10D,12D,14D,15D,22D,23D,24D,25D,26D,27D,28D,29D. The summed E-state index contributed by atoms with van der Waals surface area (Å²) in [5, 5.41) is 2.38. The molecule has 238 valence electrons. The summed E-state index contributed by atoms with van der Waals surface area (Å²) in [6, 6.07) is 18.0. The number of fused-ring (bicyclic) bond motifs is 5. The van der Waals surface area contributed by atoms with Crippen LogP contribution in [-0.2, 0) is 0 Å². The number of benzene rings is 8. The van der Waals surface area contributed by atoms with Crippen LogP contribution < -0.4 is 0 Å². The van der Waals surface area contributed by atoms with E-state index in [0.717, 1.165) is 22.2 Å². The van der Waals surface area contributed by atoms with Crippen LogP contribution in [0.4, 0.5) is 0 Å². The molecule has 0 fully saturated rings. The predicted octanol–water partition coefficient (Wildman–Crippen LogP) is 12.4. The maximum atomic E-state index is 9.62. The topological polar surface area (TPSA) is 51.8 Å². The molecule has 0 spiro atoms. The van der Waals surface area contributed by atoms with Gasteiger partial charge in [-0.05, 0) is 68.0 Å². The minimum atomic E-state index is -0.793.